The SMILES string of the molecule is [C-]#[N+]C[C@H]1CN(c2nc(OC[C@@]34CCCN3C[C@H](F)C4)nc3c(F)c(-c4cccc5c4[C@@H]4C[C@@H]4C5)ccc23)CCN1C(=O)C(=C)F. The summed E-state index contributed by atoms with van der Waals surface area (Å²) in [6.07, 6.45) is 3.38. The molecule has 8 rings (SSSR count). The van der Waals surface area contributed by atoms with E-state index in [2.05, 4.69) is 27.4 Å². The smallest absolute Gasteiger partial charge is 0.319 e. The molecule has 1 amide bonds. The molecule has 1 aromatic heterocycles. The third-order valence-electron chi connectivity index (χ3n) is 10.8. The number of nitrogens with zero attached hydrogens (tertiary/aromatic N) is 6. The summed E-state index contributed by atoms with van der Waals surface area (Å²) >= 11 is 0. The van der Waals surface area contributed by atoms with Gasteiger partial charge in [0.2, 0.25) is 6.54 Å². The van der Waals surface area contributed by atoms with Gasteiger partial charge in [0.05, 0.1) is 5.54 Å². The zero-order valence-electron chi connectivity index (χ0n) is 25.5. The van der Waals surface area contributed by atoms with Gasteiger partial charge in [0.1, 0.15) is 30.2 Å². The zero-order chi connectivity index (χ0) is 31.7. The minimum Gasteiger partial charge on any atom is -0.461 e. The molecule has 0 unspecified atom stereocenters. The summed E-state index contributed by atoms with van der Waals surface area (Å²) in [5, 5.41) is 0.479. The van der Waals surface area contributed by atoms with Crippen LogP contribution in [0.15, 0.2) is 42.7 Å². The molecular weight excluding hydrogens is 593 g/mol. The second-order valence-electron chi connectivity index (χ2n) is 13.5. The van der Waals surface area contributed by atoms with Crippen molar-refractivity contribution in [2.24, 2.45) is 5.92 Å². The molecule has 2 aromatic carbocycles. The van der Waals surface area contributed by atoms with Crippen LogP contribution in [-0.4, -0.2) is 89.3 Å². The number of aromatic nitrogens is 2. The first kappa shape index (κ1) is 29.2. The lowest BCUT2D eigenvalue weighted by molar-refractivity contribution is -0.131. The molecule has 5 atom stereocenters. The first-order chi connectivity index (χ1) is 22.3. The Labute approximate surface area is 265 Å². The highest BCUT2D eigenvalue weighted by Crippen LogP contribution is 2.59. The second-order valence-corrected chi connectivity index (χ2v) is 13.5. The number of anilines is 1. The number of rotatable bonds is 7. The lowest BCUT2D eigenvalue weighted by Gasteiger charge is -2.39. The van der Waals surface area contributed by atoms with Gasteiger partial charge < -0.3 is 19.4 Å². The molecule has 0 bridgehead atoms. The van der Waals surface area contributed by atoms with Crippen LogP contribution in [0.3, 0.4) is 0 Å². The Morgan fingerprint density at radius 3 is 2.85 bits per heavy atom. The summed E-state index contributed by atoms with van der Waals surface area (Å²) in [6.45, 7) is 12.5. The normalized spacial score (nSPS) is 28.1. The number of ether oxygens (including phenoxy) is 1. The summed E-state index contributed by atoms with van der Waals surface area (Å²) in [4.78, 5) is 30.8. The monoisotopic (exact) mass is 628 g/mol. The number of carbonyl (C=O) groups excluding carboxylic acids is 1. The van der Waals surface area contributed by atoms with Crippen molar-refractivity contribution in [2.75, 3.05) is 50.8 Å². The van der Waals surface area contributed by atoms with Gasteiger partial charge in [-0.15, -0.1) is 0 Å². The second kappa shape index (κ2) is 11.0. The Kier molecular flexibility index (Phi) is 6.98. The molecule has 3 aromatic rings. The van der Waals surface area contributed by atoms with Crippen molar-refractivity contribution in [3.63, 3.8) is 0 Å². The lowest BCUT2D eigenvalue weighted by Crippen LogP contribution is -2.56. The van der Waals surface area contributed by atoms with Gasteiger partial charge in [-0.3, -0.25) is 9.69 Å². The maximum Gasteiger partial charge on any atom is 0.319 e. The largest absolute Gasteiger partial charge is 0.461 e. The molecule has 0 radical (unpaired) electrons. The van der Waals surface area contributed by atoms with Gasteiger partial charge in [-0.2, -0.15) is 9.97 Å². The molecule has 11 heteroatoms. The lowest BCUT2D eigenvalue weighted by atomic mass is 9.93. The molecule has 1 saturated carbocycles. The molecule has 46 heavy (non-hydrogen) atoms. The molecule has 4 heterocycles. The molecule has 0 spiro atoms. The van der Waals surface area contributed by atoms with Crippen molar-refractivity contribution in [3.8, 4) is 17.1 Å². The van der Waals surface area contributed by atoms with E-state index in [0.717, 1.165) is 37.8 Å². The fourth-order valence-electron chi connectivity index (χ4n) is 8.59. The van der Waals surface area contributed by atoms with Crippen molar-refractivity contribution in [1.29, 1.82) is 0 Å². The number of piperazine rings is 1. The van der Waals surface area contributed by atoms with E-state index in [0.29, 0.717) is 41.6 Å². The number of hydrogen-bond donors (Lipinski definition) is 0. The summed E-state index contributed by atoms with van der Waals surface area (Å²) in [5.41, 5.74) is 3.56. The molecule has 0 N–H and O–H groups in total. The summed E-state index contributed by atoms with van der Waals surface area (Å²) in [7, 11) is 0. The van der Waals surface area contributed by atoms with E-state index in [9.17, 15) is 13.6 Å². The van der Waals surface area contributed by atoms with Gasteiger partial charge in [-0.25, -0.2) is 19.7 Å². The molecule has 238 valence electrons. The minimum atomic E-state index is -1.08. The molecule has 2 aliphatic carbocycles. The van der Waals surface area contributed by atoms with Crippen LogP contribution in [0.25, 0.3) is 26.9 Å². The first-order valence-corrected chi connectivity index (χ1v) is 16.1. The summed E-state index contributed by atoms with van der Waals surface area (Å²) in [6, 6.07) is 9.10. The van der Waals surface area contributed by atoms with Crippen LogP contribution in [0.5, 0.6) is 6.01 Å². The predicted molar refractivity (Wildman–Crippen MR) is 167 cm³/mol. The maximum absolute atomic E-state index is 16.8. The van der Waals surface area contributed by atoms with E-state index < -0.39 is 35.3 Å². The van der Waals surface area contributed by atoms with E-state index in [1.807, 2.05) is 23.1 Å². The Morgan fingerprint density at radius 1 is 1.15 bits per heavy atom. The molecule has 3 aliphatic heterocycles. The number of carbonyl (C=O) groups is 1. The van der Waals surface area contributed by atoms with E-state index in [4.69, 9.17) is 16.3 Å². The highest BCUT2D eigenvalue weighted by atomic mass is 19.1. The van der Waals surface area contributed by atoms with Crippen LogP contribution in [-0.2, 0) is 11.2 Å². The van der Waals surface area contributed by atoms with Crippen LogP contribution in [0.2, 0.25) is 0 Å². The van der Waals surface area contributed by atoms with Gasteiger partial charge in [0, 0.05) is 43.5 Å². The van der Waals surface area contributed by atoms with Crippen molar-refractivity contribution in [2.45, 2.75) is 55.8 Å². The molecule has 3 saturated heterocycles. The Morgan fingerprint density at radius 2 is 2.02 bits per heavy atom. The first-order valence-electron chi connectivity index (χ1n) is 16.1. The average molecular weight is 629 g/mol. The molecule has 5 aliphatic rings. The number of amides is 1. The minimum absolute atomic E-state index is 0.00000152. The van der Waals surface area contributed by atoms with Gasteiger partial charge in [-0.05, 0) is 66.8 Å². The summed E-state index contributed by atoms with van der Waals surface area (Å²) in [5.74, 6) is -0.840. The number of benzene rings is 2. The standard InChI is InChI=1S/C35H35F3N6O2/c1-20(36)33(45)44-12-11-42(18-24(44)16-39-2)32-27-8-7-26(25-6-3-5-21-13-22-14-28(22)29(21)25)30(38)31(27)40-34(41-32)46-19-35-9-4-10-43(35)17-23(37)15-35/h3,5-8,22-24,28H,1,4,9-19H2/t22-,23+,24-,28+,35-/m0/s1. The van der Waals surface area contributed by atoms with E-state index in [-0.39, 0.29) is 44.3 Å². The topological polar surface area (TPSA) is 66.2 Å². The molecular formula is C35H35F3N6O2. The third kappa shape index (κ3) is 4.72. The Balaban J connectivity index is 1.20. The van der Waals surface area contributed by atoms with Crippen LogP contribution < -0.4 is 9.64 Å². The molecule has 8 nitrogen and oxygen atoms in total. The van der Waals surface area contributed by atoms with E-state index in [1.165, 1.54) is 16.0 Å². The Hall–Kier alpha value is -4.17. The third-order valence-corrected chi connectivity index (χ3v) is 10.8. The fourth-order valence-corrected chi connectivity index (χ4v) is 8.59. The maximum atomic E-state index is 16.8. The average Bonchev–Trinajstić information content (AvgIpc) is 3.37. The fraction of sp³-hybridized carbons (Fsp3) is 0.486. The Bertz CT molecular complexity index is 1810. The van der Waals surface area contributed by atoms with E-state index in [1.54, 1.807) is 6.07 Å². The zero-order valence-corrected chi connectivity index (χ0v) is 25.5. The number of alkyl halides is 1. The van der Waals surface area contributed by atoms with Crippen molar-refractivity contribution in [1.82, 2.24) is 19.8 Å². The highest BCUT2D eigenvalue weighted by Gasteiger charge is 2.50. The predicted octanol–water partition coefficient (Wildman–Crippen LogP) is 5.47. The van der Waals surface area contributed by atoms with Crippen molar-refractivity contribution >= 4 is 22.6 Å². The molecule has 4 fully saturated rings. The highest BCUT2D eigenvalue weighted by molar-refractivity contribution is 5.95. The van der Waals surface area contributed by atoms with Gasteiger partial charge in [-0.1, -0.05) is 30.8 Å². The van der Waals surface area contributed by atoms with Gasteiger partial charge >= 0.3 is 6.01 Å². The quantitative estimate of drug-likeness (QED) is 0.256. The van der Waals surface area contributed by atoms with Gasteiger partial charge in [0.25, 0.3) is 5.91 Å². The van der Waals surface area contributed by atoms with Crippen molar-refractivity contribution in [3.05, 3.63) is 71.1 Å². The van der Waals surface area contributed by atoms with Crippen LogP contribution >= 0.6 is 0 Å². The van der Waals surface area contributed by atoms with Crippen LogP contribution in [0.1, 0.15) is 42.7 Å². The number of hydrogen-bond acceptors (Lipinski definition) is 6. The van der Waals surface area contributed by atoms with Crippen molar-refractivity contribution < 1.29 is 22.7 Å². The van der Waals surface area contributed by atoms with Gasteiger partial charge in [0.15, 0.2) is 11.6 Å². The number of fused-ring (bicyclic) bond motifs is 5. The van der Waals surface area contributed by atoms with Crippen LogP contribution in [0, 0.1) is 18.3 Å². The van der Waals surface area contributed by atoms with E-state index >= 15 is 4.39 Å². The van der Waals surface area contributed by atoms with Crippen LogP contribution in [0.4, 0.5) is 19.0 Å². The number of halogens is 3. The summed E-state index contributed by atoms with van der Waals surface area (Å²) < 4.78 is 51.4.